The van der Waals surface area contributed by atoms with E-state index in [0.717, 1.165) is 7.65 Å². The zero-order chi connectivity index (χ0) is 22.4. The van der Waals surface area contributed by atoms with Crippen LogP contribution in [0.25, 0.3) is 0 Å². The minimum Gasteiger partial charge on any atom is -0.160 e. The van der Waals surface area contributed by atoms with Crippen LogP contribution in [-0.4, -0.2) is 69.0 Å². The van der Waals surface area contributed by atoms with Crippen LogP contribution in [0.5, 0.6) is 0 Å². The third-order valence-electron chi connectivity index (χ3n) is 3.74. The molecular weight excluding hydrogens is 665 g/mol. The van der Waals surface area contributed by atoms with Gasteiger partial charge in [0.25, 0.3) is 0 Å². The Hall–Kier alpha value is 3.34. The van der Waals surface area contributed by atoms with Gasteiger partial charge in [0, 0.05) is 69.0 Å². The Bertz CT molecular complexity index is 805. The van der Waals surface area contributed by atoms with Crippen LogP contribution in [0.15, 0.2) is 18.2 Å². The first-order valence-corrected chi connectivity index (χ1v) is 23.5. The second-order valence-corrected chi connectivity index (χ2v) is 21.5. The van der Waals surface area contributed by atoms with E-state index in [2.05, 4.69) is 47.0 Å². The van der Waals surface area contributed by atoms with Crippen LogP contribution >= 0.6 is 160 Å². The number of thioether (sulfide) groups is 8. The molecule has 0 atom stereocenters. The molecule has 32 heavy (non-hydrogen) atoms. The topological polar surface area (TPSA) is 0 Å². The molecule has 0 aliphatic carbocycles. The molecule has 0 nitrogen and oxygen atoms in total. The van der Waals surface area contributed by atoms with Gasteiger partial charge in [0.05, 0.1) is 18.2 Å². The van der Waals surface area contributed by atoms with Gasteiger partial charge in [0.15, 0.2) is 0 Å². The van der Waals surface area contributed by atoms with Gasteiger partial charge >= 0.3 is 0 Å². The van der Waals surface area contributed by atoms with E-state index in [0.29, 0.717) is 0 Å². The van der Waals surface area contributed by atoms with Gasteiger partial charge in [-0.3, -0.25) is 0 Å². The van der Waals surface area contributed by atoms with Crippen molar-refractivity contribution in [3.8, 4) is 0 Å². The molecule has 14 heteroatoms. The molecule has 3 heterocycles. The average molecular weight is 689 g/mol. The summed E-state index contributed by atoms with van der Waals surface area (Å²) in [5.41, 5.74) is 0. The minimum atomic E-state index is 1.10. The minimum absolute atomic E-state index is 1.10. The maximum Gasteiger partial charge on any atom is 0.116 e. The van der Waals surface area contributed by atoms with E-state index in [1.165, 1.54) is 87.2 Å². The van der Waals surface area contributed by atoms with Gasteiger partial charge in [0.1, 0.15) is 7.65 Å². The third-order valence-corrected chi connectivity index (χ3v) is 21.7. The molecule has 0 saturated heterocycles. The van der Waals surface area contributed by atoms with Crippen LogP contribution in [0.1, 0.15) is 0 Å². The summed E-state index contributed by atoms with van der Waals surface area (Å²) in [5.74, 6) is 14.6. The smallest absolute Gasteiger partial charge is 0.116 e. The van der Waals surface area contributed by atoms with E-state index < -0.39 is 0 Å². The van der Waals surface area contributed by atoms with Crippen molar-refractivity contribution in [1.82, 2.24) is 0 Å². The SMILES string of the molecule is S=c1ssc2c1SCCSCCSCCSc1ssc(=S)c1SCCSCCSCCS2. The highest BCUT2D eigenvalue weighted by molar-refractivity contribution is 8.09. The van der Waals surface area contributed by atoms with Crippen LogP contribution in [0, 0.1) is 7.65 Å². The maximum atomic E-state index is 5.60. The molecule has 2 aromatic rings. The summed E-state index contributed by atoms with van der Waals surface area (Å²) < 4.78 is 5.11. The molecule has 1 aliphatic rings. The van der Waals surface area contributed by atoms with Crippen molar-refractivity contribution in [2.45, 2.75) is 18.2 Å². The van der Waals surface area contributed by atoms with Gasteiger partial charge in [-0.15, -0.1) is 47.0 Å². The molecule has 0 N–H and O–H groups in total. The lowest BCUT2D eigenvalue weighted by Crippen LogP contribution is -1.93. The first-order chi connectivity index (χ1) is 15.8. The first-order valence-electron chi connectivity index (χ1n) is 9.84. The second kappa shape index (κ2) is 18.6. The number of hydrogen-bond donors (Lipinski definition) is 0. The summed E-state index contributed by atoms with van der Waals surface area (Å²) >= 11 is 27.5. The van der Waals surface area contributed by atoms with Crippen molar-refractivity contribution in [2.75, 3.05) is 69.0 Å². The summed E-state index contributed by atoms with van der Waals surface area (Å²) in [4.78, 5) is 2.77. The lowest BCUT2D eigenvalue weighted by atomic mass is 10.8. The van der Waals surface area contributed by atoms with Crippen LogP contribution in [0.2, 0.25) is 0 Å². The highest BCUT2D eigenvalue weighted by atomic mass is 32.9. The maximum absolute atomic E-state index is 5.60. The number of rotatable bonds is 0. The zero-order valence-corrected chi connectivity index (χ0v) is 28.6. The Kier molecular flexibility index (Phi) is 17.3. The summed E-state index contributed by atoms with van der Waals surface area (Å²) in [6, 6.07) is 0. The van der Waals surface area contributed by atoms with Crippen LogP contribution in [0.4, 0.5) is 0 Å². The van der Waals surface area contributed by atoms with Gasteiger partial charge in [-0.25, -0.2) is 0 Å². The Balaban J connectivity index is 1.46. The molecule has 0 radical (unpaired) electrons. The van der Waals surface area contributed by atoms with Crippen molar-refractivity contribution in [3.63, 3.8) is 0 Å². The molecule has 1 aliphatic heterocycles. The Morgan fingerprint density at radius 3 is 1.06 bits per heavy atom. The molecule has 0 bridgehead atoms. The molecule has 2 aromatic heterocycles. The van der Waals surface area contributed by atoms with Gasteiger partial charge in [-0.2, -0.15) is 47.0 Å². The predicted octanol–water partition coefficient (Wildman–Crippen LogP) is 10.4. The standard InChI is InChI=1S/C18H24S14/c19-15-13-17(31-29-15)28-12-8-24-4-2-22-6-10-26-14-16(20)30-32-18(14)27-11-7-23-3-1-21-5-9-25-13/h1-12H2. The van der Waals surface area contributed by atoms with E-state index in [1.54, 1.807) is 20.7 Å². The molecule has 180 valence electrons. The Labute approximate surface area is 251 Å². The van der Waals surface area contributed by atoms with E-state index in [4.69, 9.17) is 24.4 Å². The van der Waals surface area contributed by atoms with Crippen LogP contribution in [0.3, 0.4) is 0 Å². The van der Waals surface area contributed by atoms with Crippen molar-refractivity contribution in [3.05, 3.63) is 7.65 Å². The summed E-state index contributed by atoms with van der Waals surface area (Å²) in [7, 11) is 7.32. The molecule has 0 saturated carbocycles. The van der Waals surface area contributed by atoms with Crippen LogP contribution in [-0.2, 0) is 0 Å². The molecular formula is C18H24S14. The predicted molar refractivity (Wildman–Crippen MR) is 178 cm³/mol. The highest BCUT2D eigenvalue weighted by Gasteiger charge is 2.11. The summed E-state index contributed by atoms with van der Waals surface area (Å²) in [6.45, 7) is 0. The van der Waals surface area contributed by atoms with Gasteiger partial charge < -0.3 is 0 Å². The van der Waals surface area contributed by atoms with Gasteiger partial charge in [-0.05, 0) is 0 Å². The first kappa shape index (κ1) is 29.9. The van der Waals surface area contributed by atoms with E-state index in [9.17, 15) is 0 Å². The van der Waals surface area contributed by atoms with Crippen molar-refractivity contribution in [1.29, 1.82) is 0 Å². The number of fused-ring (bicyclic) bond motifs is 2. The molecule has 0 fully saturated rings. The second-order valence-electron chi connectivity index (χ2n) is 5.98. The zero-order valence-electron chi connectivity index (χ0n) is 17.2. The lowest BCUT2D eigenvalue weighted by molar-refractivity contribution is 1.36. The Morgan fingerprint density at radius 1 is 0.375 bits per heavy atom. The van der Waals surface area contributed by atoms with Gasteiger partial charge in [-0.1, -0.05) is 65.8 Å². The van der Waals surface area contributed by atoms with Crippen molar-refractivity contribution in [2.24, 2.45) is 0 Å². The molecule has 0 amide bonds. The van der Waals surface area contributed by atoms with E-state index >= 15 is 0 Å². The summed E-state index contributed by atoms with van der Waals surface area (Å²) in [5, 5.41) is 0. The fourth-order valence-corrected chi connectivity index (χ4v) is 19.5. The Morgan fingerprint density at radius 2 is 0.688 bits per heavy atom. The number of hydrogen-bond acceptors (Lipinski definition) is 14. The average Bonchev–Trinajstić information content (AvgIpc) is 3.32. The quantitative estimate of drug-likeness (QED) is 0.193. The molecule has 0 spiro atoms. The van der Waals surface area contributed by atoms with E-state index in [1.807, 2.05) is 67.7 Å². The van der Waals surface area contributed by atoms with Crippen molar-refractivity contribution >= 4 is 160 Å². The lowest BCUT2D eigenvalue weighted by Gasteiger charge is -2.06. The van der Waals surface area contributed by atoms with Crippen molar-refractivity contribution < 1.29 is 0 Å². The fourth-order valence-electron chi connectivity index (χ4n) is 2.32. The van der Waals surface area contributed by atoms with E-state index in [-0.39, 0.29) is 0 Å². The molecule has 3 rings (SSSR count). The molecule has 0 aromatic carbocycles. The monoisotopic (exact) mass is 688 g/mol. The summed E-state index contributed by atoms with van der Waals surface area (Å²) in [6.07, 6.45) is 0. The third kappa shape index (κ3) is 11.4. The van der Waals surface area contributed by atoms with Gasteiger partial charge in [0.2, 0.25) is 0 Å². The fraction of sp³-hybridized carbons (Fsp3) is 0.667. The highest BCUT2D eigenvalue weighted by Crippen LogP contribution is 2.41. The normalized spacial score (nSPS) is 19.5. The largest absolute Gasteiger partial charge is 0.160 e. The molecule has 0 unspecified atom stereocenters. The van der Waals surface area contributed by atoms with Crippen LogP contribution < -0.4 is 0 Å².